The zero-order valence-corrected chi connectivity index (χ0v) is 16.2. The summed E-state index contributed by atoms with van der Waals surface area (Å²) < 4.78 is 26.0. The quantitative estimate of drug-likeness (QED) is 0.800. The van der Waals surface area contributed by atoms with Gasteiger partial charge < -0.3 is 4.90 Å². The molecule has 0 bridgehead atoms. The van der Waals surface area contributed by atoms with Crippen LogP contribution in [-0.4, -0.2) is 52.0 Å². The predicted octanol–water partition coefficient (Wildman–Crippen LogP) is 1.52. The first kappa shape index (κ1) is 18.1. The van der Waals surface area contributed by atoms with E-state index >= 15 is 0 Å². The Morgan fingerprint density at radius 1 is 1.40 bits per heavy atom. The number of amides is 1. The van der Waals surface area contributed by atoms with Crippen LogP contribution in [0, 0.1) is 13.8 Å². The van der Waals surface area contributed by atoms with Crippen LogP contribution in [0.3, 0.4) is 0 Å². The second-order valence-corrected chi connectivity index (χ2v) is 9.90. The van der Waals surface area contributed by atoms with Crippen LogP contribution in [0.15, 0.2) is 12.4 Å². The van der Waals surface area contributed by atoms with E-state index in [9.17, 15) is 13.2 Å². The van der Waals surface area contributed by atoms with Crippen LogP contribution >= 0.6 is 11.3 Å². The third-order valence-electron chi connectivity index (χ3n) is 4.43. The van der Waals surface area contributed by atoms with Gasteiger partial charge in [0.05, 0.1) is 40.9 Å². The highest BCUT2D eigenvalue weighted by Gasteiger charge is 2.36. The van der Waals surface area contributed by atoms with Gasteiger partial charge in [0, 0.05) is 29.7 Å². The summed E-state index contributed by atoms with van der Waals surface area (Å²) in [6.45, 7) is 6.75. The van der Waals surface area contributed by atoms with Crippen LogP contribution in [0.2, 0.25) is 0 Å². The van der Waals surface area contributed by atoms with E-state index in [2.05, 4.69) is 10.1 Å². The average molecular weight is 383 g/mol. The van der Waals surface area contributed by atoms with Gasteiger partial charge in [-0.1, -0.05) is 0 Å². The van der Waals surface area contributed by atoms with Gasteiger partial charge in [-0.3, -0.25) is 9.48 Å². The topological polar surface area (TPSA) is 85.2 Å². The van der Waals surface area contributed by atoms with Gasteiger partial charge in [0.25, 0.3) is 0 Å². The summed E-state index contributed by atoms with van der Waals surface area (Å²) in [6, 6.07) is -0.480. The number of nitrogens with zero attached hydrogens (tertiary/aromatic N) is 4. The normalized spacial score (nSPS) is 20.0. The van der Waals surface area contributed by atoms with Gasteiger partial charge in [0.2, 0.25) is 5.91 Å². The zero-order chi connectivity index (χ0) is 18.2. The highest BCUT2D eigenvalue weighted by molar-refractivity contribution is 7.91. The number of thiazole rings is 1. The number of aryl methyl sites for hydroxylation is 3. The molecule has 0 aromatic carbocycles. The fraction of sp³-hybridized carbons (Fsp3) is 0.562. The van der Waals surface area contributed by atoms with Crippen molar-refractivity contribution in [2.45, 2.75) is 39.8 Å². The largest absolute Gasteiger partial charge is 0.333 e. The number of carbonyl (C=O) groups excluding carboxylic acids is 1. The molecule has 1 saturated heterocycles. The summed E-state index contributed by atoms with van der Waals surface area (Å²) in [4.78, 5) is 20.0. The summed E-state index contributed by atoms with van der Waals surface area (Å²) in [5.41, 5.74) is 1.55. The van der Waals surface area contributed by atoms with E-state index < -0.39 is 15.9 Å². The van der Waals surface area contributed by atoms with Crippen molar-refractivity contribution in [2.24, 2.45) is 0 Å². The molecule has 7 nitrogen and oxygen atoms in total. The van der Waals surface area contributed by atoms with Crippen LogP contribution in [0.25, 0.3) is 0 Å². The summed E-state index contributed by atoms with van der Waals surface area (Å²) in [5, 5.41) is 5.16. The fourth-order valence-corrected chi connectivity index (χ4v) is 5.42. The van der Waals surface area contributed by atoms with Gasteiger partial charge in [0.1, 0.15) is 0 Å². The van der Waals surface area contributed by atoms with Crippen molar-refractivity contribution >= 4 is 27.1 Å². The van der Waals surface area contributed by atoms with Gasteiger partial charge in [-0.05, 0) is 20.8 Å². The third-order valence-corrected chi connectivity index (χ3v) is 6.99. The maximum absolute atomic E-state index is 12.9. The molecule has 0 spiro atoms. The molecule has 1 aliphatic rings. The number of hydrogen-bond donors (Lipinski definition) is 0. The molecule has 3 heterocycles. The lowest BCUT2D eigenvalue weighted by Gasteiger charge is -2.35. The average Bonchev–Trinajstić information content (AvgIpc) is 3.13. The lowest BCUT2D eigenvalue weighted by molar-refractivity contribution is -0.132. The van der Waals surface area contributed by atoms with Gasteiger partial charge in [0.15, 0.2) is 9.84 Å². The van der Waals surface area contributed by atoms with Gasteiger partial charge in [-0.15, -0.1) is 11.3 Å². The molecule has 0 saturated carbocycles. The molecule has 1 amide bonds. The lowest BCUT2D eigenvalue weighted by atomic mass is 10.1. The Morgan fingerprint density at radius 2 is 2.16 bits per heavy atom. The molecule has 9 heteroatoms. The Kier molecular flexibility index (Phi) is 4.97. The molecule has 3 rings (SSSR count). The fourth-order valence-electron chi connectivity index (χ4n) is 3.09. The van der Waals surface area contributed by atoms with E-state index in [1.807, 2.05) is 27.0 Å². The Hall–Kier alpha value is -1.74. The van der Waals surface area contributed by atoms with E-state index in [1.165, 1.54) is 0 Å². The zero-order valence-electron chi connectivity index (χ0n) is 14.6. The molecular formula is C16H22N4O3S2. The number of carbonyl (C=O) groups is 1. The Bertz CT molecular complexity index is 885. The van der Waals surface area contributed by atoms with E-state index in [4.69, 9.17) is 0 Å². The van der Waals surface area contributed by atoms with Gasteiger partial charge in [-0.2, -0.15) is 5.10 Å². The van der Waals surface area contributed by atoms with Crippen molar-refractivity contribution < 1.29 is 13.2 Å². The van der Waals surface area contributed by atoms with Crippen LogP contribution in [0.4, 0.5) is 0 Å². The van der Waals surface area contributed by atoms with Crippen LogP contribution in [-0.2, 0) is 27.6 Å². The Labute approximate surface area is 151 Å². The van der Waals surface area contributed by atoms with E-state index in [-0.39, 0.29) is 30.4 Å². The molecule has 2 aromatic rings. The van der Waals surface area contributed by atoms with Crippen molar-refractivity contribution in [3.8, 4) is 0 Å². The first-order valence-electron chi connectivity index (χ1n) is 8.24. The molecule has 1 atom stereocenters. The van der Waals surface area contributed by atoms with Gasteiger partial charge in [-0.25, -0.2) is 13.4 Å². The highest BCUT2D eigenvalue weighted by atomic mass is 32.2. The predicted molar refractivity (Wildman–Crippen MR) is 96.3 cm³/mol. The molecule has 2 aromatic heterocycles. The summed E-state index contributed by atoms with van der Waals surface area (Å²) in [5.74, 6) is -0.132. The van der Waals surface area contributed by atoms with E-state index in [0.29, 0.717) is 6.54 Å². The smallest absolute Gasteiger partial charge is 0.229 e. The maximum atomic E-state index is 12.9. The standard InChI is InChI=1S/C16H22N4O3S2/c1-4-19-9-13(8-17-19)15-10-25(22,23)6-5-20(15)16(21)7-14-11(2)24-12(3)18-14/h8-9,15H,4-7,10H2,1-3H3. The van der Waals surface area contributed by atoms with E-state index in [1.54, 1.807) is 27.1 Å². The number of aromatic nitrogens is 3. The Balaban J connectivity index is 1.86. The second kappa shape index (κ2) is 6.87. The first-order valence-corrected chi connectivity index (χ1v) is 10.9. The molecule has 25 heavy (non-hydrogen) atoms. The van der Waals surface area contributed by atoms with Crippen molar-refractivity contribution in [1.82, 2.24) is 19.7 Å². The van der Waals surface area contributed by atoms with Crippen LogP contribution in [0.5, 0.6) is 0 Å². The third kappa shape index (κ3) is 3.92. The maximum Gasteiger partial charge on any atom is 0.229 e. The van der Waals surface area contributed by atoms with Crippen molar-refractivity contribution in [1.29, 1.82) is 0 Å². The monoisotopic (exact) mass is 382 g/mol. The minimum absolute atomic E-state index is 0.00618. The number of sulfone groups is 1. The Morgan fingerprint density at radius 3 is 2.76 bits per heavy atom. The molecule has 0 radical (unpaired) electrons. The van der Waals surface area contributed by atoms with E-state index in [0.717, 1.165) is 21.1 Å². The van der Waals surface area contributed by atoms with Crippen molar-refractivity contribution in [2.75, 3.05) is 18.1 Å². The molecule has 1 unspecified atom stereocenters. The molecule has 0 aliphatic carbocycles. The molecule has 1 aliphatic heterocycles. The molecule has 0 N–H and O–H groups in total. The number of rotatable bonds is 4. The molecular weight excluding hydrogens is 360 g/mol. The van der Waals surface area contributed by atoms with Crippen molar-refractivity contribution in [3.63, 3.8) is 0 Å². The molecule has 1 fully saturated rings. The van der Waals surface area contributed by atoms with Crippen LogP contribution in [0.1, 0.15) is 34.1 Å². The minimum atomic E-state index is -3.17. The minimum Gasteiger partial charge on any atom is -0.333 e. The van der Waals surface area contributed by atoms with Crippen molar-refractivity contribution in [3.05, 3.63) is 33.5 Å². The van der Waals surface area contributed by atoms with Gasteiger partial charge >= 0.3 is 0 Å². The highest BCUT2D eigenvalue weighted by Crippen LogP contribution is 2.28. The summed E-state index contributed by atoms with van der Waals surface area (Å²) in [7, 11) is -3.17. The second-order valence-electron chi connectivity index (χ2n) is 6.26. The summed E-state index contributed by atoms with van der Waals surface area (Å²) in [6.07, 6.45) is 3.69. The SMILES string of the molecule is CCn1cc(C2CS(=O)(=O)CCN2C(=O)Cc2nc(C)sc2C)cn1. The summed E-state index contributed by atoms with van der Waals surface area (Å²) >= 11 is 1.57. The number of hydrogen-bond acceptors (Lipinski definition) is 6. The first-order chi connectivity index (χ1) is 11.8. The molecule has 136 valence electrons. The lowest BCUT2D eigenvalue weighted by Crippen LogP contribution is -2.46. The van der Waals surface area contributed by atoms with Crippen LogP contribution < -0.4 is 0 Å².